The molecule has 0 fully saturated rings. The summed E-state index contributed by atoms with van der Waals surface area (Å²) in [5, 5.41) is 14.7. The number of hydrogen-bond acceptors (Lipinski definition) is 7. The molecule has 0 radical (unpaired) electrons. The van der Waals surface area contributed by atoms with E-state index in [0.717, 1.165) is 22.4 Å². The van der Waals surface area contributed by atoms with Gasteiger partial charge in [0.05, 0.1) is 17.8 Å². The van der Waals surface area contributed by atoms with Crippen LogP contribution >= 0.6 is 11.3 Å². The number of aryl methyl sites for hydroxylation is 2. The van der Waals surface area contributed by atoms with Gasteiger partial charge < -0.3 is 10.1 Å². The minimum absolute atomic E-state index is 0.154. The second-order valence-electron chi connectivity index (χ2n) is 3.81. The Morgan fingerprint density at radius 3 is 2.75 bits per heavy atom. The highest BCUT2D eigenvalue weighted by Gasteiger charge is 2.31. The van der Waals surface area contributed by atoms with Crippen LogP contribution in [0.25, 0.3) is 0 Å². The highest BCUT2D eigenvalue weighted by molar-refractivity contribution is 7.93. The average molecular weight is 317 g/mol. The number of nitrogens with one attached hydrogen (secondary N) is 1. The van der Waals surface area contributed by atoms with Gasteiger partial charge in [-0.05, 0) is 18.8 Å². The molecule has 0 saturated carbocycles. The zero-order valence-electron chi connectivity index (χ0n) is 10.6. The summed E-state index contributed by atoms with van der Waals surface area (Å²) in [6.07, 6.45) is 2.63. The van der Waals surface area contributed by atoms with Crippen LogP contribution in [-0.2, 0) is 16.6 Å². The lowest BCUT2D eigenvalue weighted by Crippen LogP contribution is -2.13. The third kappa shape index (κ3) is 2.77. The minimum Gasteiger partial charge on any atom is -0.358 e. The van der Waals surface area contributed by atoms with E-state index in [-0.39, 0.29) is 5.13 Å². The third-order valence-electron chi connectivity index (χ3n) is 2.34. The number of sulfonamides is 1. The minimum atomic E-state index is -4.09. The normalized spacial score (nSPS) is 11.5. The van der Waals surface area contributed by atoms with Crippen molar-refractivity contribution in [2.75, 3.05) is 4.72 Å². The van der Waals surface area contributed by atoms with Gasteiger partial charge in [0.15, 0.2) is 5.13 Å². The molecule has 9 nitrogen and oxygen atoms in total. The molecule has 0 atom stereocenters. The number of aromatic nitrogens is 3. The summed E-state index contributed by atoms with van der Waals surface area (Å²) in [5.41, 5.74) is 0. The highest BCUT2D eigenvalue weighted by atomic mass is 32.2. The standard InChI is InChI=1S/C9H11N5O4S2/c1-3-13-5-7(8(11-13)14(15)16)20(17,18)12-9-10-4-6(2)19-9/h4-5H,3H2,1-2H3,(H,10,12). The van der Waals surface area contributed by atoms with Gasteiger partial charge in [0.2, 0.25) is 4.90 Å². The number of anilines is 1. The summed E-state index contributed by atoms with van der Waals surface area (Å²) < 4.78 is 27.7. The van der Waals surface area contributed by atoms with Gasteiger partial charge in [0.1, 0.15) is 0 Å². The van der Waals surface area contributed by atoms with E-state index < -0.39 is 25.7 Å². The first-order valence-corrected chi connectivity index (χ1v) is 7.80. The number of nitrogens with zero attached hydrogens (tertiary/aromatic N) is 4. The lowest BCUT2D eigenvalue weighted by Gasteiger charge is -2.01. The first-order chi connectivity index (χ1) is 9.33. The molecule has 2 heterocycles. The van der Waals surface area contributed by atoms with E-state index in [1.165, 1.54) is 10.9 Å². The van der Waals surface area contributed by atoms with Crippen molar-refractivity contribution in [2.24, 2.45) is 0 Å². The third-order valence-corrected chi connectivity index (χ3v) is 4.63. The molecule has 0 amide bonds. The van der Waals surface area contributed by atoms with Crippen LogP contribution in [0.3, 0.4) is 0 Å². The Morgan fingerprint density at radius 2 is 2.25 bits per heavy atom. The number of rotatable bonds is 5. The molecule has 0 aliphatic carbocycles. The molecule has 2 rings (SSSR count). The molecule has 0 aliphatic heterocycles. The van der Waals surface area contributed by atoms with Crippen LogP contribution in [0.4, 0.5) is 10.9 Å². The van der Waals surface area contributed by atoms with Gasteiger partial charge in [-0.2, -0.15) is 4.68 Å². The topological polar surface area (TPSA) is 120 Å². The van der Waals surface area contributed by atoms with E-state index in [1.54, 1.807) is 13.8 Å². The Balaban J connectivity index is 2.43. The van der Waals surface area contributed by atoms with Gasteiger partial charge in [0, 0.05) is 11.1 Å². The van der Waals surface area contributed by atoms with Gasteiger partial charge >= 0.3 is 5.82 Å². The van der Waals surface area contributed by atoms with E-state index in [1.807, 2.05) is 0 Å². The van der Waals surface area contributed by atoms with Crippen LogP contribution in [0.1, 0.15) is 11.8 Å². The molecular weight excluding hydrogens is 306 g/mol. The fourth-order valence-electron chi connectivity index (χ4n) is 1.44. The molecular formula is C9H11N5O4S2. The smallest absolute Gasteiger partial charge is 0.358 e. The molecule has 0 aromatic carbocycles. The van der Waals surface area contributed by atoms with Gasteiger partial charge in [0.25, 0.3) is 10.0 Å². The molecule has 20 heavy (non-hydrogen) atoms. The molecule has 0 spiro atoms. The summed E-state index contributed by atoms with van der Waals surface area (Å²) in [6, 6.07) is 0. The zero-order chi connectivity index (χ0) is 14.9. The lowest BCUT2D eigenvalue weighted by molar-refractivity contribution is -0.392. The molecule has 0 bridgehead atoms. The Labute approximate surface area is 118 Å². The zero-order valence-corrected chi connectivity index (χ0v) is 12.2. The summed E-state index contributed by atoms with van der Waals surface area (Å²) in [4.78, 5) is 14.3. The second kappa shape index (κ2) is 5.17. The first kappa shape index (κ1) is 14.4. The summed E-state index contributed by atoms with van der Waals surface area (Å²) in [6.45, 7) is 3.80. The van der Waals surface area contributed by atoms with Crippen LogP contribution in [0.5, 0.6) is 0 Å². The van der Waals surface area contributed by atoms with Crippen molar-refractivity contribution in [3.8, 4) is 0 Å². The van der Waals surface area contributed by atoms with Crippen molar-refractivity contribution in [3.05, 3.63) is 27.4 Å². The predicted octanol–water partition coefficient (Wildman–Crippen LogP) is 1.38. The van der Waals surface area contributed by atoms with Gasteiger partial charge in [-0.25, -0.2) is 13.4 Å². The molecule has 0 aliphatic rings. The number of hydrogen-bond donors (Lipinski definition) is 1. The summed E-state index contributed by atoms with van der Waals surface area (Å²) >= 11 is 1.14. The predicted molar refractivity (Wildman–Crippen MR) is 72.2 cm³/mol. The van der Waals surface area contributed by atoms with E-state index in [0.29, 0.717) is 6.54 Å². The van der Waals surface area contributed by atoms with Crippen molar-refractivity contribution in [3.63, 3.8) is 0 Å². The van der Waals surface area contributed by atoms with E-state index in [4.69, 9.17) is 0 Å². The molecule has 108 valence electrons. The van der Waals surface area contributed by atoms with Crippen molar-refractivity contribution < 1.29 is 13.3 Å². The van der Waals surface area contributed by atoms with Gasteiger partial charge in [-0.1, -0.05) is 0 Å². The SMILES string of the molecule is CCn1cc(S(=O)(=O)Nc2ncc(C)s2)c([N+](=O)[O-])n1. The fraction of sp³-hybridized carbons (Fsp3) is 0.333. The number of thiazole rings is 1. The largest absolute Gasteiger partial charge is 0.410 e. The molecule has 1 N–H and O–H groups in total. The van der Waals surface area contributed by atoms with Crippen molar-refractivity contribution in [2.45, 2.75) is 25.3 Å². The Hall–Kier alpha value is -2.01. The van der Waals surface area contributed by atoms with Crippen LogP contribution < -0.4 is 4.72 Å². The van der Waals surface area contributed by atoms with Crippen LogP contribution in [-0.4, -0.2) is 28.1 Å². The Kier molecular flexibility index (Phi) is 3.72. The number of nitro groups is 1. The van der Waals surface area contributed by atoms with Crippen LogP contribution in [0.2, 0.25) is 0 Å². The monoisotopic (exact) mass is 317 g/mol. The van der Waals surface area contributed by atoms with E-state index in [9.17, 15) is 18.5 Å². The quantitative estimate of drug-likeness (QED) is 0.657. The fourth-order valence-corrected chi connectivity index (χ4v) is 3.46. The Morgan fingerprint density at radius 1 is 1.55 bits per heavy atom. The molecule has 0 unspecified atom stereocenters. The maximum atomic E-state index is 12.2. The lowest BCUT2D eigenvalue weighted by atomic mass is 10.6. The maximum Gasteiger partial charge on any atom is 0.410 e. The summed E-state index contributed by atoms with van der Waals surface area (Å²) in [5.74, 6) is -0.701. The van der Waals surface area contributed by atoms with Crippen LogP contribution in [0.15, 0.2) is 17.3 Å². The van der Waals surface area contributed by atoms with Gasteiger partial charge in [-0.3, -0.25) is 4.72 Å². The highest BCUT2D eigenvalue weighted by Crippen LogP contribution is 2.26. The van der Waals surface area contributed by atoms with Crippen molar-refractivity contribution in [1.82, 2.24) is 14.8 Å². The van der Waals surface area contributed by atoms with Crippen molar-refractivity contribution in [1.29, 1.82) is 0 Å². The van der Waals surface area contributed by atoms with E-state index >= 15 is 0 Å². The maximum absolute atomic E-state index is 12.2. The first-order valence-electron chi connectivity index (χ1n) is 5.50. The molecule has 11 heteroatoms. The van der Waals surface area contributed by atoms with Crippen LogP contribution in [0, 0.1) is 17.0 Å². The summed E-state index contributed by atoms with van der Waals surface area (Å²) in [7, 11) is -4.09. The van der Waals surface area contributed by atoms with Crippen molar-refractivity contribution >= 4 is 32.3 Å². The molecule has 2 aromatic rings. The van der Waals surface area contributed by atoms with E-state index in [2.05, 4.69) is 14.8 Å². The van der Waals surface area contributed by atoms with Gasteiger partial charge in [-0.15, -0.1) is 11.3 Å². The Bertz CT molecular complexity index is 748. The second-order valence-corrected chi connectivity index (χ2v) is 6.70. The molecule has 0 saturated heterocycles. The molecule has 2 aromatic heterocycles. The average Bonchev–Trinajstić information content (AvgIpc) is 2.95.